The van der Waals surface area contributed by atoms with Gasteiger partial charge in [-0.15, -0.1) is 0 Å². The van der Waals surface area contributed by atoms with Gasteiger partial charge in [0.2, 0.25) is 6.29 Å². The van der Waals surface area contributed by atoms with Crippen LogP contribution in [0, 0.1) is 11.7 Å². The topological polar surface area (TPSA) is 48.0 Å². The molecular weight excluding hydrogens is 373 g/mol. The van der Waals surface area contributed by atoms with Crippen LogP contribution in [0.4, 0.5) is 4.39 Å². The second-order valence-electron chi connectivity index (χ2n) is 7.55. The molecule has 29 heavy (non-hydrogen) atoms. The van der Waals surface area contributed by atoms with Crippen LogP contribution >= 0.6 is 0 Å². The fraction of sp³-hybridized carbons (Fsp3) is 0.435. The van der Waals surface area contributed by atoms with E-state index in [1.165, 1.54) is 12.1 Å². The molecule has 0 saturated carbocycles. The Morgan fingerprint density at radius 1 is 1.28 bits per heavy atom. The first kappa shape index (κ1) is 19.9. The van der Waals surface area contributed by atoms with Crippen molar-refractivity contribution in [3.05, 3.63) is 65.0 Å². The molecule has 2 atom stereocenters. The molecule has 0 spiro atoms. The number of ether oxygens (including phenoxy) is 3. The van der Waals surface area contributed by atoms with Gasteiger partial charge in [0.15, 0.2) is 0 Å². The molecule has 4 rings (SSSR count). The van der Waals surface area contributed by atoms with Crippen LogP contribution < -0.4 is 4.74 Å². The van der Waals surface area contributed by atoms with E-state index in [1.807, 2.05) is 37.3 Å². The van der Waals surface area contributed by atoms with Crippen molar-refractivity contribution < 1.29 is 23.4 Å². The summed E-state index contributed by atoms with van der Waals surface area (Å²) in [5.41, 5.74) is 2.42. The molecule has 154 valence electrons. The lowest BCUT2D eigenvalue weighted by atomic mass is 9.97. The average Bonchev–Trinajstić information content (AvgIpc) is 2.74. The maximum atomic E-state index is 14.2. The number of fused-ring (bicyclic) bond motifs is 1. The number of carbonyl (C=O) groups excluding carboxylic acids is 1. The van der Waals surface area contributed by atoms with Crippen molar-refractivity contribution in [2.24, 2.45) is 5.92 Å². The average molecular weight is 399 g/mol. The molecule has 2 aromatic carbocycles. The molecule has 1 fully saturated rings. The Morgan fingerprint density at radius 3 is 2.90 bits per heavy atom. The lowest BCUT2D eigenvalue weighted by Gasteiger charge is -2.33. The quantitative estimate of drug-likeness (QED) is 0.705. The van der Waals surface area contributed by atoms with Crippen molar-refractivity contribution in [3.8, 4) is 5.75 Å². The van der Waals surface area contributed by atoms with Crippen LogP contribution in [-0.4, -0.2) is 30.6 Å². The Hall–Kier alpha value is -2.44. The highest BCUT2D eigenvalue weighted by Crippen LogP contribution is 2.37. The smallest absolute Gasteiger partial charge is 0.310 e. The molecule has 5 nitrogen and oxygen atoms in total. The van der Waals surface area contributed by atoms with Gasteiger partial charge in [-0.05, 0) is 38.4 Å². The molecule has 6 heteroatoms. The summed E-state index contributed by atoms with van der Waals surface area (Å²) in [4.78, 5) is 14.3. The number of carbonyl (C=O) groups is 1. The molecule has 1 saturated heterocycles. The largest absolute Gasteiger partial charge is 0.466 e. The fourth-order valence-corrected chi connectivity index (χ4v) is 4.06. The van der Waals surface area contributed by atoms with E-state index in [2.05, 4.69) is 4.90 Å². The summed E-state index contributed by atoms with van der Waals surface area (Å²) in [6, 6.07) is 12.7. The van der Waals surface area contributed by atoms with Crippen molar-refractivity contribution in [1.29, 1.82) is 0 Å². The number of nitrogens with zero attached hydrogens (tertiary/aromatic N) is 1. The van der Waals surface area contributed by atoms with Gasteiger partial charge in [0.25, 0.3) is 0 Å². The van der Waals surface area contributed by atoms with E-state index in [0.29, 0.717) is 37.6 Å². The minimum Gasteiger partial charge on any atom is -0.466 e. The van der Waals surface area contributed by atoms with Crippen LogP contribution in [0.5, 0.6) is 5.75 Å². The fourth-order valence-electron chi connectivity index (χ4n) is 4.06. The Kier molecular flexibility index (Phi) is 6.11. The van der Waals surface area contributed by atoms with Crippen molar-refractivity contribution in [2.45, 2.75) is 39.2 Å². The molecule has 0 N–H and O–H groups in total. The van der Waals surface area contributed by atoms with Crippen LogP contribution in [0.1, 0.15) is 42.7 Å². The zero-order chi connectivity index (χ0) is 20.2. The van der Waals surface area contributed by atoms with Crippen molar-refractivity contribution in [1.82, 2.24) is 4.90 Å². The second-order valence-corrected chi connectivity index (χ2v) is 7.55. The number of halogens is 1. The third-order valence-electron chi connectivity index (χ3n) is 5.41. The Bertz CT molecular complexity index is 857. The van der Waals surface area contributed by atoms with Crippen LogP contribution in [0.3, 0.4) is 0 Å². The van der Waals surface area contributed by atoms with E-state index < -0.39 is 6.29 Å². The normalized spacial score (nSPS) is 21.9. The summed E-state index contributed by atoms with van der Waals surface area (Å²) in [5, 5.41) is 0. The molecule has 0 aromatic heterocycles. The zero-order valence-electron chi connectivity index (χ0n) is 16.6. The lowest BCUT2D eigenvalue weighted by molar-refractivity contribution is -0.150. The van der Waals surface area contributed by atoms with Crippen molar-refractivity contribution in [3.63, 3.8) is 0 Å². The predicted molar refractivity (Wildman–Crippen MR) is 106 cm³/mol. The minimum atomic E-state index is -0.512. The first-order chi connectivity index (χ1) is 14.1. The maximum absolute atomic E-state index is 14.2. The van der Waals surface area contributed by atoms with Gasteiger partial charge in [0.05, 0.1) is 19.1 Å². The molecule has 2 aromatic rings. The van der Waals surface area contributed by atoms with Gasteiger partial charge in [-0.2, -0.15) is 0 Å². The van der Waals surface area contributed by atoms with Crippen LogP contribution in [0.15, 0.2) is 42.5 Å². The summed E-state index contributed by atoms with van der Waals surface area (Å²) in [5.74, 6) is 0.106. The minimum absolute atomic E-state index is 0.130. The van der Waals surface area contributed by atoms with Crippen molar-refractivity contribution in [2.75, 3.05) is 19.7 Å². The maximum Gasteiger partial charge on any atom is 0.310 e. The molecule has 2 aliphatic rings. The van der Waals surface area contributed by atoms with Crippen LogP contribution in [-0.2, 0) is 27.4 Å². The molecule has 2 heterocycles. The molecule has 0 aliphatic carbocycles. The number of rotatable bonds is 5. The molecule has 0 bridgehead atoms. The SMILES string of the molecule is CCOC(=O)[C@@H]1CCCN(Cc2cc(F)cc3c2O[C@H](c2ccccc2)OC3)C1. The first-order valence-electron chi connectivity index (χ1n) is 10.2. The van der Waals surface area contributed by atoms with E-state index in [4.69, 9.17) is 14.2 Å². The van der Waals surface area contributed by atoms with Crippen molar-refractivity contribution >= 4 is 5.97 Å². The van der Waals surface area contributed by atoms with Gasteiger partial charge >= 0.3 is 5.97 Å². The Balaban J connectivity index is 1.52. The third-order valence-corrected chi connectivity index (χ3v) is 5.41. The highest BCUT2D eigenvalue weighted by atomic mass is 19.1. The first-order valence-corrected chi connectivity index (χ1v) is 10.2. The van der Waals surface area contributed by atoms with Crippen LogP contribution in [0.2, 0.25) is 0 Å². The lowest BCUT2D eigenvalue weighted by Crippen LogP contribution is -2.39. The number of esters is 1. The van der Waals surface area contributed by atoms with Gasteiger partial charge in [0, 0.05) is 29.8 Å². The summed E-state index contributed by atoms with van der Waals surface area (Å²) in [6.07, 6.45) is 1.23. The molecular formula is C23H26FNO4. The van der Waals surface area contributed by atoms with Crippen LogP contribution in [0.25, 0.3) is 0 Å². The number of hydrogen-bond acceptors (Lipinski definition) is 5. The highest BCUT2D eigenvalue weighted by molar-refractivity contribution is 5.72. The van der Waals surface area contributed by atoms with Gasteiger partial charge in [-0.1, -0.05) is 30.3 Å². The standard InChI is InChI=1S/C23H26FNO4/c1-2-27-22(26)17-9-6-10-25(13-17)14-18-11-20(24)12-19-15-28-23(29-21(18)19)16-7-4-3-5-8-16/h3-5,7-8,11-12,17,23H,2,6,9-10,13-15H2,1H3/t17-,23-/m1/s1. The zero-order valence-corrected chi connectivity index (χ0v) is 16.6. The van der Waals surface area contributed by atoms with Gasteiger partial charge in [-0.25, -0.2) is 4.39 Å². The Labute approximate surface area is 170 Å². The molecule has 0 unspecified atom stereocenters. The third kappa shape index (κ3) is 4.60. The highest BCUT2D eigenvalue weighted by Gasteiger charge is 2.29. The van der Waals surface area contributed by atoms with Gasteiger partial charge in [-0.3, -0.25) is 9.69 Å². The molecule has 0 radical (unpaired) electrons. The number of piperidine rings is 1. The molecule has 2 aliphatic heterocycles. The van der Waals surface area contributed by atoms with E-state index in [0.717, 1.165) is 30.5 Å². The second kappa shape index (κ2) is 8.93. The number of benzene rings is 2. The summed E-state index contributed by atoms with van der Waals surface area (Å²) in [6.45, 7) is 4.51. The van der Waals surface area contributed by atoms with E-state index in [9.17, 15) is 9.18 Å². The molecule has 0 amide bonds. The summed E-state index contributed by atoms with van der Waals surface area (Å²) >= 11 is 0. The number of hydrogen-bond donors (Lipinski definition) is 0. The predicted octanol–water partition coefficient (Wildman–Crippen LogP) is 4.21. The van der Waals surface area contributed by atoms with E-state index in [-0.39, 0.29) is 17.7 Å². The van der Waals surface area contributed by atoms with E-state index >= 15 is 0 Å². The summed E-state index contributed by atoms with van der Waals surface area (Å²) < 4.78 is 31.4. The summed E-state index contributed by atoms with van der Waals surface area (Å²) in [7, 11) is 0. The van der Waals surface area contributed by atoms with Gasteiger partial charge in [0.1, 0.15) is 11.6 Å². The van der Waals surface area contributed by atoms with E-state index in [1.54, 1.807) is 0 Å². The number of likely N-dealkylation sites (tertiary alicyclic amines) is 1. The Morgan fingerprint density at radius 2 is 2.10 bits per heavy atom. The van der Waals surface area contributed by atoms with Gasteiger partial charge < -0.3 is 14.2 Å². The monoisotopic (exact) mass is 399 g/mol.